The highest BCUT2D eigenvalue weighted by Gasteiger charge is 2.25. The van der Waals surface area contributed by atoms with Gasteiger partial charge < -0.3 is 16.0 Å². The standard InChI is InChI=1S/C17H22FN3O/c1-9-10(2)21-17-12(7-14(19)22)6-13(18)16(15(9)17)11-4-3-5-20-8-11/h6,11,20-21H,3-5,7-8H2,1-2H3,(H2,19,22). The summed E-state index contributed by atoms with van der Waals surface area (Å²) in [6.07, 6.45) is 2.09. The number of primary amides is 1. The number of aryl methyl sites for hydroxylation is 2. The van der Waals surface area contributed by atoms with Crippen LogP contribution in [0.1, 0.15) is 41.1 Å². The number of hydrogen-bond acceptors (Lipinski definition) is 2. The van der Waals surface area contributed by atoms with E-state index >= 15 is 0 Å². The van der Waals surface area contributed by atoms with Crippen LogP contribution in [0.15, 0.2) is 6.07 Å². The summed E-state index contributed by atoms with van der Waals surface area (Å²) >= 11 is 0. The molecular weight excluding hydrogens is 281 g/mol. The van der Waals surface area contributed by atoms with Gasteiger partial charge in [-0.15, -0.1) is 0 Å². The molecule has 4 nitrogen and oxygen atoms in total. The molecule has 1 saturated heterocycles. The third kappa shape index (κ3) is 2.50. The summed E-state index contributed by atoms with van der Waals surface area (Å²) in [5.74, 6) is -0.495. The first-order chi connectivity index (χ1) is 10.5. The van der Waals surface area contributed by atoms with Crippen LogP contribution in [0.5, 0.6) is 0 Å². The first-order valence-electron chi connectivity index (χ1n) is 7.78. The van der Waals surface area contributed by atoms with Crippen molar-refractivity contribution >= 4 is 16.8 Å². The number of H-pyrrole nitrogens is 1. The highest BCUT2D eigenvalue weighted by atomic mass is 19.1. The van der Waals surface area contributed by atoms with E-state index in [1.165, 1.54) is 6.07 Å². The summed E-state index contributed by atoms with van der Waals surface area (Å²) in [4.78, 5) is 14.6. The highest BCUT2D eigenvalue weighted by molar-refractivity contribution is 5.93. The van der Waals surface area contributed by atoms with Gasteiger partial charge in [0.25, 0.3) is 0 Å². The number of aromatic amines is 1. The van der Waals surface area contributed by atoms with Crippen molar-refractivity contribution < 1.29 is 9.18 Å². The van der Waals surface area contributed by atoms with E-state index < -0.39 is 5.91 Å². The minimum Gasteiger partial charge on any atom is -0.369 e. The number of fused-ring (bicyclic) bond motifs is 1. The molecule has 4 N–H and O–H groups in total. The molecule has 1 atom stereocenters. The molecule has 3 rings (SSSR count). The quantitative estimate of drug-likeness (QED) is 0.815. The van der Waals surface area contributed by atoms with Gasteiger partial charge in [0.15, 0.2) is 0 Å². The van der Waals surface area contributed by atoms with E-state index in [1.807, 2.05) is 13.8 Å². The van der Waals surface area contributed by atoms with E-state index in [4.69, 9.17) is 5.73 Å². The van der Waals surface area contributed by atoms with Crippen LogP contribution in [-0.2, 0) is 11.2 Å². The van der Waals surface area contributed by atoms with Crippen molar-refractivity contribution in [1.82, 2.24) is 10.3 Å². The largest absolute Gasteiger partial charge is 0.369 e. The molecule has 0 bridgehead atoms. The lowest BCUT2D eigenvalue weighted by molar-refractivity contribution is -0.117. The maximum Gasteiger partial charge on any atom is 0.221 e. The molecular formula is C17H22FN3O. The summed E-state index contributed by atoms with van der Waals surface area (Å²) < 4.78 is 14.8. The molecule has 1 aliphatic heterocycles. The first-order valence-corrected chi connectivity index (χ1v) is 7.78. The van der Waals surface area contributed by atoms with Crippen molar-refractivity contribution in [2.24, 2.45) is 5.73 Å². The van der Waals surface area contributed by atoms with Crippen LogP contribution in [0.3, 0.4) is 0 Å². The van der Waals surface area contributed by atoms with Gasteiger partial charge in [-0.3, -0.25) is 4.79 Å². The lowest BCUT2D eigenvalue weighted by Crippen LogP contribution is -2.29. The lowest BCUT2D eigenvalue weighted by Gasteiger charge is -2.25. The number of aromatic nitrogens is 1. The number of carbonyl (C=O) groups excluding carboxylic acids is 1. The number of halogens is 1. The number of benzene rings is 1. The number of rotatable bonds is 3. The van der Waals surface area contributed by atoms with Gasteiger partial charge in [0.05, 0.1) is 11.9 Å². The van der Waals surface area contributed by atoms with Gasteiger partial charge in [-0.05, 0) is 56.3 Å². The number of piperidine rings is 1. The van der Waals surface area contributed by atoms with Gasteiger partial charge in [-0.2, -0.15) is 0 Å². The van der Waals surface area contributed by atoms with E-state index in [1.54, 1.807) is 0 Å². The van der Waals surface area contributed by atoms with E-state index in [0.29, 0.717) is 5.56 Å². The van der Waals surface area contributed by atoms with Crippen molar-refractivity contribution in [3.05, 3.63) is 34.3 Å². The number of amides is 1. The van der Waals surface area contributed by atoms with Gasteiger partial charge in [0.2, 0.25) is 5.91 Å². The Bertz CT molecular complexity index is 729. The molecule has 1 aliphatic rings. The highest BCUT2D eigenvalue weighted by Crippen LogP contribution is 2.37. The fourth-order valence-electron chi connectivity index (χ4n) is 3.54. The van der Waals surface area contributed by atoms with Crippen LogP contribution >= 0.6 is 0 Å². The Labute approximate surface area is 129 Å². The zero-order valence-corrected chi connectivity index (χ0v) is 13.1. The van der Waals surface area contributed by atoms with Crippen LogP contribution < -0.4 is 11.1 Å². The first kappa shape index (κ1) is 15.0. The van der Waals surface area contributed by atoms with Gasteiger partial charge in [0.1, 0.15) is 5.82 Å². The monoisotopic (exact) mass is 303 g/mol. The van der Waals surface area contributed by atoms with E-state index in [2.05, 4.69) is 10.3 Å². The average Bonchev–Trinajstić information content (AvgIpc) is 2.76. The Kier molecular flexibility index (Phi) is 3.91. The Morgan fingerprint density at radius 3 is 2.86 bits per heavy atom. The molecule has 2 heterocycles. The molecule has 2 aromatic rings. The predicted octanol–water partition coefficient (Wildman–Crippen LogP) is 2.42. The van der Waals surface area contributed by atoms with E-state index in [-0.39, 0.29) is 18.2 Å². The van der Waals surface area contributed by atoms with Crippen LogP contribution in [0.4, 0.5) is 4.39 Å². The second-order valence-corrected chi connectivity index (χ2v) is 6.24. The molecule has 1 unspecified atom stereocenters. The van der Waals surface area contributed by atoms with Crippen LogP contribution in [0.2, 0.25) is 0 Å². The molecule has 1 aromatic heterocycles. The summed E-state index contributed by atoms with van der Waals surface area (Å²) in [5.41, 5.74) is 9.65. The zero-order valence-electron chi connectivity index (χ0n) is 13.1. The van der Waals surface area contributed by atoms with Gasteiger partial charge >= 0.3 is 0 Å². The second kappa shape index (κ2) is 5.72. The molecule has 1 amide bonds. The van der Waals surface area contributed by atoms with Crippen LogP contribution in [0, 0.1) is 19.7 Å². The lowest BCUT2D eigenvalue weighted by atomic mass is 9.86. The summed E-state index contributed by atoms with van der Waals surface area (Å²) in [5, 5.41) is 4.28. The van der Waals surface area contributed by atoms with Crippen molar-refractivity contribution in [2.75, 3.05) is 13.1 Å². The second-order valence-electron chi connectivity index (χ2n) is 6.24. The Morgan fingerprint density at radius 2 is 2.23 bits per heavy atom. The summed E-state index contributed by atoms with van der Waals surface area (Å²) in [6.45, 7) is 5.77. The minimum absolute atomic E-state index is 0.0516. The molecule has 1 aromatic carbocycles. The normalized spacial score (nSPS) is 18.8. The average molecular weight is 303 g/mol. The van der Waals surface area contributed by atoms with Gasteiger partial charge in [-0.1, -0.05) is 0 Å². The Morgan fingerprint density at radius 1 is 1.45 bits per heavy atom. The maximum atomic E-state index is 14.8. The fraction of sp³-hybridized carbons (Fsp3) is 0.471. The summed E-state index contributed by atoms with van der Waals surface area (Å²) in [7, 11) is 0. The molecule has 0 aliphatic carbocycles. The van der Waals surface area contributed by atoms with Gasteiger partial charge in [0, 0.05) is 23.2 Å². The Balaban J connectivity index is 2.23. The number of carbonyl (C=O) groups is 1. The van der Waals surface area contributed by atoms with Crippen LogP contribution in [-0.4, -0.2) is 24.0 Å². The van der Waals surface area contributed by atoms with Crippen molar-refractivity contribution in [3.8, 4) is 0 Å². The third-order valence-electron chi connectivity index (χ3n) is 4.72. The minimum atomic E-state index is -0.447. The molecule has 5 heteroatoms. The van der Waals surface area contributed by atoms with Crippen molar-refractivity contribution in [1.29, 1.82) is 0 Å². The molecule has 118 valence electrons. The number of nitrogens with one attached hydrogen (secondary N) is 2. The Hall–Kier alpha value is -1.88. The van der Waals surface area contributed by atoms with Gasteiger partial charge in [-0.25, -0.2) is 4.39 Å². The molecule has 0 saturated carbocycles. The number of nitrogens with two attached hydrogens (primary N) is 1. The number of hydrogen-bond donors (Lipinski definition) is 3. The summed E-state index contributed by atoms with van der Waals surface area (Å²) in [6, 6.07) is 1.48. The van der Waals surface area contributed by atoms with Crippen molar-refractivity contribution in [3.63, 3.8) is 0 Å². The maximum absolute atomic E-state index is 14.8. The zero-order chi connectivity index (χ0) is 15.9. The predicted molar refractivity (Wildman–Crippen MR) is 85.5 cm³/mol. The van der Waals surface area contributed by atoms with E-state index in [9.17, 15) is 9.18 Å². The molecule has 22 heavy (non-hydrogen) atoms. The molecule has 0 radical (unpaired) electrons. The topological polar surface area (TPSA) is 70.9 Å². The third-order valence-corrected chi connectivity index (χ3v) is 4.72. The van der Waals surface area contributed by atoms with E-state index in [0.717, 1.165) is 53.7 Å². The van der Waals surface area contributed by atoms with Crippen LogP contribution in [0.25, 0.3) is 10.9 Å². The SMILES string of the molecule is Cc1[nH]c2c(CC(N)=O)cc(F)c(C3CCCNC3)c2c1C. The van der Waals surface area contributed by atoms with Crippen molar-refractivity contribution in [2.45, 2.75) is 39.0 Å². The fourth-order valence-corrected chi connectivity index (χ4v) is 3.54. The molecule has 1 fully saturated rings. The smallest absolute Gasteiger partial charge is 0.221 e. The molecule has 0 spiro atoms.